The van der Waals surface area contributed by atoms with Crippen LogP contribution in [0.5, 0.6) is 11.5 Å². The van der Waals surface area contributed by atoms with E-state index in [4.69, 9.17) is 17.9 Å². The molecular weight excluding hydrogens is 725 g/mol. The molecule has 0 bridgehead atoms. The third-order valence-electron chi connectivity index (χ3n) is 9.59. The van der Waals surface area contributed by atoms with Crippen molar-refractivity contribution in [2.24, 2.45) is 0 Å². The Morgan fingerprint density at radius 1 is 0.547 bits per heavy atom. The Hall–Kier alpha value is -4.52. The number of benzene rings is 6. The fourth-order valence-electron chi connectivity index (χ4n) is 5.43. The van der Waals surface area contributed by atoms with Crippen LogP contribution in [0.4, 0.5) is 0 Å². The largest absolute Gasteiger partial charge is 0.413 e. The molecular formula is C42H46O8S2Si. The number of aliphatic hydroxyl groups excluding tert-OH is 1. The summed E-state index contributed by atoms with van der Waals surface area (Å²) >= 11 is 0. The number of aliphatic hydroxyl groups is 1. The molecule has 0 unspecified atom stereocenters. The van der Waals surface area contributed by atoms with Gasteiger partial charge >= 0.3 is 20.2 Å². The van der Waals surface area contributed by atoms with Gasteiger partial charge in [-0.25, -0.2) is 0 Å². The van der Waals surface area contributed by atoms with Gasteiger partial charge in [0.05, 0.1) is 13.2 Å². The average molecular weight is 771 g/mol. The zero-order valence-corrected chi connectivity index (χ0v) is 33.7. The van der Waals surface area contributed by atoms with Crippen molar-refractivity contribution in [3.63, 3.8) is 0 Å². The molecule has 11 heteroatoms. The van der Waals surface area contributed by atoms with Crippen LogP contribution in [0, 0.1) is 13.8 Å². The summed E-state index contributed by atoms with van der Waals surface area (Å²) in [5.74, 6) is 0.502. The number of fused-ring (bicyclic) bond motifs is 2. The van der Waals surface area contributed by atoms with Crippen molar-refractivity contribution in [2.75, 3.05) is 0 Å². The smallest absolute Gasteiger partial charge is 0.339 e. The predicted octanol–water partition coefficient (Wildman–Crippen LogP) is 9.85. The third kappa shape index (κ3) is 9.35. The Kier molecular flexibility index (Phi) is 11.9. The summed E-state index contributed by atoms with van der Waals surface area (Å²) in [6.07, 6.45) is 0. The maximum Gasteiger partial charge on any atom is 0.339 e. The molecule has 0 saturated heterocycles. The topological polar surface area (TPSA) is 116 Å². The summed E-state index contributed by atoms with van der Waals surface area (Å²) in [6.45, 7) is 15.3. The Morgan fingerprint density at radius 2 is 0.925 bits per heavy atom. The normalized spacial score (nSPS) is 12.3. The fourth-order valence-corrected chi connectivity index (χ4v) is 8.68. The molecule has 0 spiro atoms. The molecule has 0 aliphatic rings. The summed E-state index contributed by atoms with van der Waals surface area (Å²) in [4.78, 5) is 0.318. The van der Waals surface area contributed by atoms with Gasteiger partial charge in [-0.1, -0.05) is 106 Å². The van der Waals surface area contributed by atoms with Crippen LogP contribution in [-0.2, 0) is 37.9 Å². The molecule has 0 saturated carbocycles. The van der Waals surface area contributed by atoms with E-state index >= 15 is 0 Å². The van der Waals surface area contributed by atoms with E-state index in [0.717, 1.165) is 27.5 Å². The molecule has 6 aromatic carbocycles. The van der Waals surface area contributed by atoms with Gasteiger partial charge in [-0.05, 0) is 101 Å². The first-order chi connectivity index (χ1) is 24.9. The van der Waals surface area contributed by atoms with Crippen molar-refractivity contribution < 1.29 is 34.7 Å². The van der Waals surface area contributed by atoms with Crippen LogP contribution in [0.15, 0.2) is 131 Å². The van der Waals surface area contributed by atoms with Crippen LogP contribution in [-0.4, -0.2) is 30.3 Å². The highest BCUT2D eigenvalue weighted by Gasteiger charge is 2.37. The minimum absolute atomic E-state index is 0.102. The Morgan fingerprint density at radius 3 is 1.32 bits per heavy atom. The number of aryl methyl sites for hydroxylation is 2. The number of hydrogen-bond donors (Lipinski definition) is 1. The quantitative estimate of drug-likeness (QED) is 0.108. The fraction of sp³-hybridized carbons (Fsp3) is 0.238. The highest BCUT2D eigenvalue weighted by Crippen LogP contribution is 2.37. The lowest BCUT2D eigenvalue weighted by atomic mass is 10.1. The molecule has 0 aliphatic carbocycles. The lowest BCUT2D eigenvalue weighted by Crippen LogP contribution is -2.40. The van der Waals surface area contributed by atoms with E-state index in [1.165, 1.54) is 12.1 Å². The first kappa shape index (κ1) is 39.7. The SMILES string of the molecule is Cc1cccc2c(S(=O)(=O)Oc3ccc(CO)cc3)cccc12.Cc1cccc2c(S(=O)(=O)Oc3ccc(CO[Si](C)(C)C(C)(C)C)cc3)cccc12. The molecule has 0 aliphatic heterocycles. The van der Waals surface area contributed by atoms with Gasteiger partial charge in [0.25, 0.3) is 0 Å². The predicted molar refractivity (Wildman–Crippen MR) is 214 cm³/mol. The molecule has 53 heavy (non-hydrogen) atoms. The van der Waals surface area contributed by atoms with Gasteiger partial charge in [-0.3, -0.25) is 0 Å². The monoisotopic (exact) mass is 770 g/mol. The number of rotatable bonds is 10. The highest BCUT2D eigenvalue weighted by atomic mass is 32.2. The minimum atomic E-state index is -3.95. The molecule has 8 nitrogen and oxygen atoms in total. The van der Waals surface area contributed by atoms with Gasteiger partial charge in [0.2, 0.25) is 0 Å². The molecule has 6 rings (SSSR count). The summed E-state index contributed by atoms with van der Waals surface area (Å²) in [6, 6.07) is 34.9. The van der Waals surface area contributed by atoms with E-state index in [2.05, 4.69) is 33.9 Å². The molecule has 278 valence electrons. The van der Waals surface area contributed by atoms with Gasteiger partial charge in [0.1, 0.15) is 21.3 Å². The molecule has 0 radical (unpaired) electrons. The first-order valence-corrected chi connectivity index (χ1v) is 22.9. The molecule has 0 heterocycles. The zero-order chi connectivity index (χ0) is 38.6. The lowest BCUT2D eigenvalue weighted by Gasteiger charge is -2.36. The van der Waals surface area contributed by atoms with Crippen LogP contribution in [0.1, 0.15) is 43.0 Å². The Balaban J connectivity index is 0.000000211. The third-order valence-corrected chi connectivity index (χ3v) is 16.7. The van der Waals surface area contributed by atoms with Crippen LogP contribution >= 0.6 is 0 Å². The molecule has 0 atom stereocenters. The van der Waals surface area contributed by atoms with Gasteiger partial charge in [-0.2, -0.15) is 16.8 Å². The second kappa shape index (κ2) is 15.8. The molecule has 6 aromatic rings. The van der Waals surface area contributed by atoms with Crippen LogP contribution in [0.3, 0.4) is 0 Å². The molecule has 0 amide bonds. The van der Waals surface area contributed by atoms with E-state index < -0.39 is 28.6 Å². The van der Waals surface area contributed by atoms with Gasteiger partial charge < -0.3 is 17.9 Å². The first-order valence-electron chi connectivity index (χ1n) is 17.2. The van der Waals surface area contributed by atoms with Crippen molar-refractivity contribution in [2.45, 2.75) is 75.8 Å². The van der Waals surface area contributed by atoms with Crippen molar-refractivity contribution in [3.05, 3.63) is 144 Å². The van der Waals surface area contributed by atoms with Crippen molar-refractivity contribution in [3.8, 4) is 11.5 Å². The van der Waals surface area contributed by atoms with E-state index in [1.807, 2.05) is 62.4 Å². The van der Waals surface area contributed by atoms with Gasteiger partial charge in [0, 0.05) is 10.8 Å². The van der Waals surface area contributed by atoms with Crippen LogP contribution < -0.4 is 8.37 Å². The lowest BCUT2D eigenvalue weighted by molar-refractivity contribution is 0.276. The summed E-state index contributed by atoms with van der Waals surface area (Å²) < 4.78 is 68.0. The van der Waals surface area contributed by atoms with Crippen molar-refractivity contribution in [1.82, 2.24) is 0 Å². The minimum Gasteiger partial charge on any atom is -0.413 e. The van der Waals surface area contributed by atoms with Crippen LogP contribution in [0.25, 0.3) is 21.5 Å². The summed E-state index contributed by atoms with van der Waals surface area (Å²) in [5.41, 5.74) is 3.71. The van der Waals surface area contributed by atoms with Gasteiger partial charge in [-0.15, -0.1) is 0 Å². The maximum atomic E-state index is 12.9. The standard InChI is InChI=1S/C24H30O4SSi.C18H16O4S/c1-18-9-7-11-22-21(18)10-8-12-23(22)29(25,26)28-20-15-13-19(14-16-20)17-27-30(5,6)24(2,3)4;1-13-4-2-6-17-16(13)5-3-7-18(17)23(20,21)22-15-10-8-14(12-19)9-11-15/h7-16H,17H2,1-6H3;2-11,19H,12H2,1H3. The Labute approximate surface area is 314 Å². The zero-order valence-electron chi connectivity index (χ0n) is 31.1. The van der Waals surface area contributed by atoms with E-state index in [9.17, 15) is 16.8 Å². The van der Waals surface area contributed by atoms with E-state index in [1.54, 1.807) is 60.7 Å². The second-order valence-corrected chi connectivity index (χ2v) is 22.3. The molecule has 0 fully saturated rings. The van der Waals surface area contributed by atoms with E-state index in [0.29, 0.717) is 22.9 Å². The van der Waals surface area contributed by atoms with E-state index in [-0.39, 0.29) is 32.9 Å². The molecule has 1 N–H and O–H groups in total. The summed E-state index contributed by atoms with van der Waals surface area (Å²) in [5, 5.41) is 12.3. The summed E-state index contributed by atoms with van der Waals surface area (Å²) in [7, 11) is -9.73. The second-order valence-electron chi connectivity index (χ2n) is 14.4. The maximum absolute atomic E-state index is 12.9. The Bertz CT molecular complexity index is 2440. The molecule has 0 aromatic heterocycles. The number of hydrogen-bond acceptors (Lipinski definition) is 8. The van der Waals surface area contributed by atoms with Crippen molar-refractivity contribution in [1.29, 1.82) is 0 Å². The highest BCUT2D eigenvalue weighted by molar-refractivity contribution is 7.87. The van der Waals surface area contributed by atoms with Crippen LogP contribution in [0.2, 0.25) is 18.1 Å². The average Bonchev–Trinajstić information content (AvgIpc) is 3.11. The van der Waals surface area contributed by atoms with Gasteiger partial charge in [0.15, 0.2) is 8.32 Å². The van der Waals surface area contributed by atoms with Crippen molar-refractivity contribution >= 4 is 50.1 Å².